The van der Waals surface area contributed by atoms with Crippen LogP contribution in [0.15, 0.2) is 24.3 Å². The van der Waals surface area contributed by atoms with Crippen molar-refractivity contribution in [2.45, 2.75) is 19.4 Å². The van der Waals surface area contributed by atoms with Crippen LogP contribution >= 0.6 is 11.8 Å². The molecule has 0 saturated heterocycles. The Balaban J connectivity index is 2.82. The van der Waals surface area contributed by atoms with E-state index in [1.165, 1.54) is 0 Å². The Kier molecular flexibility index (Phi) is 6.30. The van der Waals surface area contributed by atoms with E-state index in [2.05, 4.69) is 24.7 Å². The molecule has 0 aliphatic carbocycles. The quantitative estimate of drug-likeness (QED) is 0.567. The number of nitrogens with one attached hydrogen (secondary N) is 1. The van der Waals surface area contributed by atoms with Crippen molar-refractivity contribution in [1.29, 1.82) is 0 Å². The molecule has 4 heteroatoms. The van der Waals surface area contributed by atoms with Gasteiger partial charge < -0.3 is 4.74 Å². The van der Waals surface area contributed by atoms with Gasteiger partial charge >= 0.3 is 0 Å². The maximum atomic E-state index is 5.71. The van der Waals surface area contributed by atoms with Crippen LogP contribution < -0.4 is 16.0 Å². The molecule has 1 unspecified atom stereocenters. The topological polar surface area (TPSA) is 47.3 Å². The highest BCUT2D eigenvalue weighted by molar-refractivity contribution is 7.98. The number of hydrazine groups is 1. The van der Waals surface area contributed by atoms with Crippen LogP contribution in [0.3, 0.4) is 0 Å². The number of hydrogen-bond donors (Lipinski definition) is 2. The summed E-state index contributed by atoms with van der Waals surface area (Å²) in [6.45, 7) is 2.84. The molecule has 0 radical (unpaired) electrons. The minimum Gasteiger partial charge on any atom is -0.493 e. The monoisotopic (exact) mass is 240 g/mol. The Labute approximate surface area is 102 Å². The molecule has 1 atom stereocenters. The lowest BCUT2D eigenvalue weighted by Gasteiger charge is -2.18. The summed E-state index contributed by atoms with van der Waals surface area (Å²) in [6.07, 6.45) is 3.08. The summed E-state index contributed by atoms with van der Waals surface area (Å²) in [7, 11) is 0. The Hall–Kier alpha value is -0.710. The van der Waals surface area contributed by atoms with Crippen LogP contribution in [0.4, 0.5) is 0 Å². The molecule has 0 bridgehead atoms. The summed E-state index contributed by atoms with van der Waals surface area (Å²) in [5.41, 5.74) is 3.97. The lowest BCUT2D eigenvalue weighted by atomic mass is 10.1. The third kappa shape index (κ3) is 3.70. The standard InChI is InChI=1S/C12H20N2OS/c1-3-8-15-12-7-5-4-6-10(12)11(14-13)9-16-2/h4-7,11,14H,3,8-9,13H2,1-2H3. The van der Waals surface area contributed by atoms with Crippen LogP contribution in [0.2, 0.25) is 0 Å². The third-order valence-electron chi connectivity index (χ3n) is 2.29. The number of nitrogens with two attached hydrogens (primary N) is 1. The van der Waals surface area contributed by atoms with Crippen LogP contribution in [-0.4, -0.2) is 18.6 Å². The molecular formula is C12H20N2OS. The van der Waals surface area contributed by atoms with Gasteiger partial charge in [0.2, 0.25) is 0 Å². The molecule has 0 saturated carbocycles. The second kappa shape index (κ2) is 7.54. The maximum Gasteiger partial charge on any atom is 0.124 e. The fourth-order valence-electron chi connectivity index (χ4n) is 1.51. The Bertz CT molecular complexity index is 307. The highest BCUT2D eigenvalue weighted by atomic mass is 32.2. The normalized spacial score (nSPS) is 12.4. The number of rotatable bonds is 7. The van der Waals surface area contributed by atoms with E-state index in [0.717, 1.165) is 30.1 Å². The van der Waals surface area contributed by atoms with Gasteiger partial charge in [0, 0.05) is 11.3 Å². The second-order valence-corrected chi connectivity index (χ2v) is 4.47. The van der Waals surface area contributed by atoms with Gasteiger partial charge in [-0.15, -0.1) is 0 Å². The van der Waals surface area contributed by atoms with E-state index in [9.17, 15) is 0 Å². The van der Waals surface area contributed by atoms with Crippen LogP contribution in [-0.2, 0) is 0 Å². The Morgan fingerprint density at radius 2 is 2.19 bits per heavy atom. The molecule has 3 nitrogen and oxygen atoms in total. The van der Waals surface area contributed by atoms with E-state index in [0.29, 0.717) is 0 Å². The summed E-state index contributed by atoms with van der Waals surface area (Å²) >= 11 is 1.76. The molecule has 0 aliphatic rings. The van der Waals surface area contributed by atoms with Crippen molar-refractivity contribution in [3.05, 3.63) is 29.8 Å². The van der Waals surface area contributed by atoms with E-state index < -0.39 is 0 Å². The number of thioether (sulfide) groups is 1. The molecule has 0 amide bonds. The highest BCUT2D eigenvalue weighted by Gasteiger charge is 2.13. The lowest BCUT2D eigenvalue weighted by molar-refractivity contribution is 0.311. The first-order valence-electron chi connectivity index (χ1n) is 5.50. The van der Waals surface area contributed by atoms with Gasteiger partial charge in [-0.3, -0.25) is 11.3 Å². The molecule has 1 rings (SSSR count). The van der Waals surface area contributed by atoms with Gasteiger partial charge in [0.05, 0.1) is 12.6 Å². The zero-order valence-electron chi connectivity index (χ0n) is 9.90. The average molecular weight is 240 g/mol. The van der Waals surface area contributed by atoms with Crippen molar-refractivity contribution in [1.82, 2.24) is 5.43 Å². The van der Waals surface area contributed by atoms with Gasteiger partial charge in [-0.1, -0.05) is 25.1 Å². The molecule has 3 N–H and O–H groups in total. The summed E-state index contributed by atoms with van der Waals surface area (Å²) in [4.78, 5) is 0. The van der Waals surface area contributed by atoms with Gasteiger partial charge in [-0.25, -0.2) is 0 Å². The molecule has 1 aromatic rings. The van der Waals surface area contributed by atoms with Crippen molar-refractivity contribution in [3.8, 4) is 5.75 Å². The molecule has 0 aromatic heterocycles. The minimum atomic E-state index is 0.142. The van der Waals surface area contributed by atoms with Crippen LogP contribution in [0.25, 0.3) is 0 Å². The number of ether oxygens (including phenoxy) is 1. The molecule has 90 valence electrons. The molecule has 0 aliphatic heterocycles. The Morgan fingerprint density at radius 3 is 2.81 bits per heavy atom. The summed E-state index contributed by atoms with van der Waals surface area (Å²) in [5.74, 6) is 7.43. The zero-order valence-corrected chi connectivity index (χ0v) is 10.7. The van der Waals surface area contributed by atoms with E-state index >= 15 is 0 Å². The van der Waals surface area contributed by atoms with Gasteiger partial charge in [0.25, 0.3) is 0 Å². The summed E-state index contributed by atoms with van der Waals surface area (Å²) in [6, 6.07) is 8.20. The lowest BCUT2D eigenvalue weighted by Crippen LogP contribution is -2.30. The first kappa shape index (κ1) is 13.4. The molecule has 0 heterocycles. The van der Waals surface area contributed by atoms with Gasteiger partial charge in [-0.05, 0) is 18.7 Å². The SMILES string of the molecule is CCCOc1ccccc1C(CSC)NN. The van der Waals surface area contributed by atoms with Crippen LogP contribution in [0.5, 0.6) is 5.75 Å². The molecule has 16 heavy (non-hydrogen) atoms. The fraction of sp³-hybridized carbons (Fsp3) is 0.500. The van der Waals surface area contributed by atoms with Crippen molar-refractivity contribution >= 4 is 11.8 Å². The van der Waals surface area contributed by atoms with E-state index in [4.69, 9.17) is 10.6 Å². The van der Waals surface area contributed by atoms with Crippen molar-refractivity contribution in [2.75, 3.05) is 18.6 Å². The minimum absolute atomic E-state index is 0.142. The maximum absolute atomic E-state index is 5.71. The van der Waals surface area contributed by atoms with Crippen molar-refractivity contribution in [2.24, 2.45) is 5.84 Å². The average Bonchev–Trinajstić information content (AvgIpc) is 2.34. The number of benzene rings is 1. The van der Waals surface area contributed by atoms with Crippen molar-refractivity contribution in [3.63, 3.8) is 0 Å². The first-order chi connectivity index (χ1) is 7.83. The summed E-state index contributed by atoms with van der Waals surface area (Å²) < 4.78 is 5.71. The zero-order chi connectivity index (χ0) is 11.8. The van der Waals surface area contributed by atoms with E-state index in [1.807, 2.05) is 18.2 Å². The number of hydrogen-bond acceptors (Lipinski definition) is 4. The molecule has 1 aromatic carbocycles. The fourth-order valence-corrected chi connectivity index (χ4v) is 2.12. The summed E-state index contributed by atoms with van der Waals surface area (Å²) in [5, 5.41) is 0. The number of para-hydroxylation sites is 1. The van der Waals surface area contributed by atoms with E-state index in [-0.39, 0.29) is 6.04 Å². The smallest absolute Gasteiger partial charge is 0.124 e. The van der Waals surface area contributed by atoms with Gasteiger partial charge in [-0.2, -0.15) is 11.8 Å². The third-order valence-corrected chi connectivity index (χ3v) is 2.96. The van der Waals surface area contributed by atoms with Crippen LogP contribution in [0, 0.1) is 0 Å². The predicted octanol–water partition coefficient (Wildman–Crippen LogP) is 2.34. The Morgan fingerprint density at radius 1 is 1.44 bits per heavy atom. The molecule has 0 spiro atoms. The van der Waals surface area contributed by atoms with Crippen LogP contribution in [0.1, 0.15) is 24.9 Å². The highest BCUT2D eigenvalue weighted by Crippen LogP contribution is 2.26. The largest absolute Gasteiger partial charge is 0.493 e. The van der Waals surface area contributed by atoms with Gasteiger partial charge in [0.15, 0.2) is 0 Å². The van der Waals surface area contributed by atoms with Gasteiger partial charge in [0.1, 0.15) is 5.75 Å². The predicted molar refractivity (Wildman–Crippen MR) is 70.7 cm³/mol. The molecule has 0 fully saturated rings. The molecular weight excluding hydrogens is 220 g/mol. The van der Waals surface area contributed by atoms with E-state index in [1.54, 1.807) is 11.8 Å². The first-order valence-corrected chi connectivity index (χ1v) is 6.89. The second-order valence-electron chi connectivity index (χ2n) is 3.56. The van der Waals surface area contributed by atoms with Crippen molar-refractivity contribution < 1.29 is 4.74 Å².